The third kappa shape index (κ3) is 3.57. The predicted octanol–water partition coefficient (Wildman–Crippen LogP) is 5.92. The van der Waals surface area contributed by atoms with Gasteiger partial charge in [0.2, 0.25) is 5.95 Å². The van der Waals surface area contributed by atoms with Crippen molar-refractivity contribution in [3.63, 3.8) is 0 Å². The number of methoxy groups -OCH3 is 1. The van der Waals surface area contributed by atoms with Gasteiger partial charge in [0.25, 0.3) is 0 Å². The third-order valence-electron chi connectivity index (χ3n) is 5.94. The molecule has 1 atom stereocenters. The van der Waals surface area contributed by atoms with Gasteiger partial charge in [-0.15, -0.1) is 5.10 Å². The summed E-state index contributed by atoms with van der Waals surface area (Å²) in [6.07, 6.45) is 1.20. The number of nitrogens with zero attached hydrogens (tertiary/aromatic N) is 3. The average molecular weight is 469 g/mol. The van der Waals surface area contributed by atoms with E-state index in [0.29, 0.717) is 33.8 Å². The van der Waals surface area contributed by atoms with Crippen LogP contribution in [0, 0.1) is 5.41 Å². The van der Waals surface area contributed by atoms with Crippen LogP contribution in [0.3, 0.4) is 0 Å². The quantitative estimate of drug-likeness (QED) is 0.516. The minimum absolute atomic E-state index is 0.0897. The first-order valence-electron chi connectivity index (χ1n) is 10.3. The van der Waals surface area contributed by atoms with Crippen LogP contribution in [0.5, 0.6) is 5.75 Å². The Labute approximate surface area is 196 Å². The number of hydrogen-bond donors (Lipinski definition) is 1. The highest BCUT2D eigenvalue weighted by Crippen LogP contribution is 2.47. The number of fused-ring (bicyclic) bond motifs is 1. The van der Waals surface area contributed by atoms with Gasteiger partial charge >= 0.3 is 0 Å². The van der Waals surface area contributed by atoms with Gasteiger partial charge in [0.15, 0.2) is 11.6 Å². The fourth-order valence-corrected chi connectivity index (χ4v) is 4.99. The number of halogens is 2. The Morgan fingerprint density at radius 1 is 1.12 bits per heavy atom. The van der Waals surface area contributed by atoms with Crippen LogP contribution < -0.4 is 10.1 Å². The van der Waals surface area contributed by atoms with Crippen LogP contribution in [-0.4, -0.2) is 27.7 Å². The summed E-state index contributed by atoms with van der Waals surface area (Å²) >= 11 is 12.8. The summed E-state index contributed by atoms with van der Waals surface area (Å²) in [5, 5.41) is 9.19. The standard InChI is InChI=1S/C24H22Cl2N4O2/c1-24(2)11-18-20(19(31)12-24)21(16-9-6-14(25)10-17(16)26)30-23(27-18)28-22(29-30)13-4-7-15(32-3)8-5-13/h4-10,21H,11-12H2,1-3H3,(H,27,28,29). The molecule has 1 aliphatic carbocycles. The third-order valence-corrected chi connectivity index (χ3v) is 6.50. The summed E-state index contributed by atoms with van der Waals surface area (Å²) in [6, 6.07) is 12.4. The largest absolute Gasteiger partial charge is 0.497 e. The van der Waals surface area contributed by atoms with Crippen molar-refractivity contribution in [3.05, 3.63) is 69.3 Å². The van der Waals surface area contributed by atoms with E-state index in [1.807, 2.05) is 30.3 Å². The van der Waals surface area contributed by atoms with Crippen LogP contribution in [0.15, 0.2) is 53.7 Å². The number of hydrogen-bond acceptors (Lipinski definition) is 5. The Morgan fingerprint density at radius 2 is 1.88 bits per heavy atom. The van der Waals surface area contributed by atoms with Gasteiger partial charge in [-0.05, 0) is 48.2 Å². The Morgan fingerprint density at radius 3 is 2.56 bits per heavy atom. The first-order chi connectivity index (χ1) is 15.3. The van der Waals surface area contributed by atoms with Crippen molar-refractivity contribution >= 4 is 34.9 Å². The van der Waals surface area contributed by atoms with E-state index < -0.39 is 6.04 Å². The molecule has 0 fully saturated rings. The number of ether oxygens (including phenoxy) is 1. The monoisotopic (exact) mass is 468 g/mol. The van der Waals surface area contributed by atoms with Crippen molar-refractivity contribution in [1.29, 1.82) is 0 Å². The van der Waals surface area contributed by atoms with Gasteiger partial charge in [0.05, 0.1) is 7.11 Å². The van der Waals surface area contributed by atoms with Gasteiger partial charge in [-0.3, -0.25) is 4.79 Å². The van der Waals surface area contributed by atoms with Gasteiger partial charge in [-0.25, -0.2) is 4.68 Å². The van der Waals surface area contributed by atoms with Crippen molar-refractivity contribution in [2.75, 3.05) is 12.4 Å². The van der Waals surface area contributed by atoms with Crippen molar-refractivity contribution in [2.24, 2.45) is 5.41 Å². The smallest absolute Gasteiger partial charge is 0.226 e. The number of ketones is 1. The lowest BCUT2D eigenvalue weighted by atomic mass is 9.73. The number of nitrogens with one attached hydrogen (secondary N) is 1. The molecule has 0 saturated carbocycles. The normalized spacial score (nSPS) is 19.3. The van der Waals surface area contributed by atoms with E-state index >= 15 is 0 Å². The predicted molar refractivity (Wildman–Crippen MR) is 125 cm³/mol. The molecule has 3 aromatic rings. The minimum atomic E-state index is -0.478. The molecule has 2 heterocycles. The molecule has 0 amide bonds. The van der Waals surface area contributed by atoms with E-state index in [9.17, 15) is 4.79 Å². The molecule has 1 aliphatic heterocycles. The maximum Gasteiger partial charge on any atom is 0.226 e. The summed E-state index contributed by atoms with van der Waals surface area (Å²) < 4.78 is 7.01. The highest BCUT2D eigenvalue weighted by molar-refractivity contribution is 6.35. The van der Waals surface area contributed by atoms with E-state index in [1.165, 1.54) is 0 Å². The molecule has 0 bridgehead atoms. The first-order valence-corrected chi connectivity index (χ1v) is 11.1. The van der Waals surface area contributed by atoms with Gasteiger partial charge in [0, 0.05) is 38.9 Å². The number of rotatable bonds is 3. The molecule has 0 saturated heterocycles. The Balaban J connectivity index is 1.67. The summed E-state index contributed by atoms with van der Waals surface area (Å²) in [5.74, 6) is 1.98. The van der Waals surface area contributed by atoms with E-state index in [1.54, 1.807) is 23.9 Å². The lowest BCUT2D eigenvalue weighted by molar-refractivity contribution is -0.118. The fourth-order valence-electron chi connectivity index (χ4n) is 4.48. The Kier molecular flexibility index (Phi) is 5.02. The second-order valence-corrected chi connectivity index (χ2v) is 9.80. The molecule has 8 heteroatoms. The summed E-state index contributed by atoms with van der Waals surface area (Å²) in [7, 11) is 1.63. The van der Waals surface area contributed by atoms with Crippen LogP contribution in [-0.2, 0) is 4.79 Å². The van der Waals surface area contributed by atoms with Crippen molar-refractivity contribution in [1.82, 2.24) is 14.8 Å². The molecule has 2 aromatic carbocycles. The van der Waals surface area contributed by atoms with E-state index in [2.05, 4.69) is 19.2 Å². The van der Waals surface area contributed by atoms with E-state index in [4.69, 9.17) is 38.0 Å². The molecule has 0 spiro atoms. The maximum absolute atomic E-state index is 13.3. The molecular weight excluding hydrogens is 447 g/mol. The van der Waals surface area contributed by atoms with Crippen molar-refractivity contribution in [3.8, 4) is 17.1 Å². The van der Waals surface area contributed by atoms with Gasteiger partial charge < -0.3 is 10.1 Å². The van der Waals surface area contributed by atoms with Gasteiger partial charge in [-0.2, -0.15) is 4.98 Å². The molecule has 0 radical (unpaired) electrons. The average Bonchev–Trinajstić information content (AvgIpc) is 3.15. The lowest BCUT2D eigenvalue weighted by Crippen LogP contribution is -2.36. The highest BCUT2D eigenvalue weighted by Gasteiger charge is 2.42. The summed E-state index contributed by atoms with van der Waals surface area (Å²) in [5.41, 5.74) is 3.04. The van der Waals surface area contributed by atoms with Crippen LogP contribution in [0.4, 0.5) is 5.95 Å². The zero-order valence-corrected chi connectivity index (χ0v) is 19.5. The highest BCUT2D eigenvalue weighted by atomic mass is 35.5. The van der Waals surface area contributed by atoms with Gasteiger partial charge in [0.1, 0.15) is 11.8 Å². The number of carbonyl (C=O) groups is 1. The number of aromatic nitrogens is 3. The Hall–Kier alpha value is -2.83. The van der Waals surface area contributed by atoms with Crippen LogP contribution in [0.25, 0.3) is 11.4 Å². The van der Waals surface area contributed by atoms with Crippen molar-refractivity contribution in [2.45, 2.75) is 32.7 Å². The number of benzene rings is 2. The summed E-state index contributed by atoms with van der Waals surface area (Å²) in [6.45, 7) is 4.20. The number of anilines is 1. The zero-order valence-electron chi connectivity index (χ0n) is 17.9. The molecule has 5 rings (SSSR count). The molecule has 6 nitrogen and oxygen atoms in total. The Bertz CT molecular complexity index is 1260. The van der Waals surface area contributed by atoms with Crippen molar-refractivity contribution < 1.29 is 9.53 Å². The topological polar surface area (TPSA) is 69.0 Å². The van der Waals surface area contributed by atoms with Crippen LogP contribution in [0.1, 0.15) is 38.3 Å². The van der Waals surface area contributed by atoms with Gasteiger partial charge in [-0.1, -0.05) is 43.1 Å². The molecule has 1 aromatic heterocycles. The first kappa shape index (κ1) is 21.0. The SMILES string of the molecule is COc1ccc(-c2nc3n(n2)C(c2ccc(Cl)cc2Cl)C2=C(CC(C)(C)CC2=O)N3)cc1. The second kappa shape index (κ2) is 7.64. The molecule has 2 aliphatic rings. The molecular formula is C24H22Cl2N4O2. The second-order valence-electron chi connectivity index (χ2n) is 8.96. The van der Waals surface area contributed by atoms with E-state index in [-0.39, 0.29) is 11.2 Å². The summed E-state index contributed by atoms with van der Waals surface area (Å²) in [4.78, 5) is 18.1. The number of carbonyl (C=O) groups excluding carboxylic acids is 1. The zero-order chi connectivity index (χ0) is 22.6. The number of allylic oxidation sites excluding steroid dienone is 2. The minimum Gasteiger partial charge on any atom is -0.497 e. The fraction of sp³-hybridized carbons (Fsp3) is 0.292. The maximum atomic E-state index is 13.3. The lowest BCUT2D eigenvalue weighted by Gasteiger charge is -2.38. The number of Topliss-reactive ketones (excluding diaryl/α,β-unsaturated/α-hetero) is 1. The molecule has 32 heavy (non-hydrogen) atoms. The molecule has 1 N–H and O–H groups in total. The van der Waals surface area contributed by atoms with E-state index in [0.717, 1.165) is 29.0 Å². The van der Waals surface area contributed by atoms with Crippen LogP contribution in [0.2, 0.25) is 10.0 Å². The molecule has 164 valence electrons. The molecule has 1 unspecified atom stereocenters. The van der Waals surface area contributed by atoms with Crippen LogP contribution >= 0.6 is 23.2 Å².